The van der Waals surface area contributed by atoms with Crippen molar-refractivity contribution in [2.75, 3.05) is 0 Å². The number of nitrogens with zero attached hydrogens (tertiary/aromatic N) is 1. The fourth-order valence-corrected chi connectivity index (χ4v) is 5.10. The number of hydrogen-bond acceptors (Lipinski definition) is 4. The Morgan fingerprint density at radius 3 is 2.74 bits per heavy atom. The second-order valence-electron chi connectivity index (χ2n) is 8.90. The van der Waals surface area contributed by atoms with Crippen LogP contribution in [0.5, 0.6) is 0 Å². The topological polar surface area (TPSA) is 81.2 Å². The summed E-state index contributed by atoms with van der Waals surface area (Å²) < 4.78 is 5.50. The standard InChI is InChI=1S/C22H29N3O2/c1-13-16-10-15(22(16,2)3)11-18(13)24-20(26)19-12-27-21(25-19)17(23)9-14-7-5-4-6-8-14/h4-8,12-13,15-18H,9-11,23H2,1-3H3,(H,24,26). The second-order valence-corrected chi connectivity index (χ2v) is 8.90. The van der Waals surface area contributed by atoms with E-state index in [9.17, 15) is 4.79 Å². The van der Waals surface area contributed by atoms with Crippen LogP contribution >= 0.6 is 0 Å². The highest BCUT2D eigenvalue weighted by Crippen LogP contribution is 2.61. The lowest BCUT2D eigenvalue weighted by atomic mass is 9.45. The van der Waals surface area contributed by atoms with Gasteiger partial charge in [-0.05, 0) is 48.0 Å². The highest BCUT2D eigenvalue weighted by Gasteiger charge is 2.56. The molecule has 0 radical (unpaired) electrons. The Kier molecular flexibility index (Phi) is 4.58. The van der Waals surface area contributed by atoms with E-state index in [4.69, 9.17) is 10.2 Å². The van der Waals surface area contributed by atoms with Gasteiger partial charge in [0.1, 0.15) is 6.26 Å². The largest absolute Gasteiger partial charge is 0.446 e. The Morgan fingerprint density at radius 2 is 2.07 bits per heavy atom. The first-order valence-electron chi connectivity index (χ1n) is 9.92. The van der Waals surface area contributed by atoms with Crippen LogP contribution in [0.4, 0.5) is 0 Å². The molecule has 1 aromatic heterocycles. The molecule has 0 aliphatic heterocycles. The zero-order chi connectivity index (χ0) is 19.2. The molecule has 27 heavy (non-hydrogen) atoms. The summed E-state index contributed by atoms with van der Waals surface area (Å²) in [6.07, 6.45) is 4.39. The minimum Gasteiger partial charge on any atom is -0.446 e. The number of amides is 1. The summed E-state index contributed by atoms with van der Waals surface area (Å²) in [6.45, 7) is 6.98. The minimum absolute atomic E-state index is 0.159. The Morgan fingerprint density at radius 1 is 1.33 bits per heavy atom. The number of fused-ring (bicyclic) bond motifs is 2. The van der Waals surface area contributed by atoms with Crippen LogP contribution in [0.25, 0.3) is 0 Å². The molecule has 1 aromatic carbocycles. The maximum atomic E-state index is 12.7. The van der Waals surface area contributed by atoms with Gasteiger partial charge >= 0.3 is 0 Å². The van der Waals surface area contributed by atoms with Gasteiger partial charge in [0.05, 0.1) is 6.04 Å². The van der Waals surface area contributed by atoms with E-state index in [1.807, 2.05) is 30.3 Å². The van der Waals surface area contributed by atoms with Gasteiger partial charge in [-0.3, -0.25) is 4.79 Å². The number of nitrogens with two attached hydrogens (primary N) is 1. The SMILES string of the molecule is CC1C(NC(=O)c2coc(C(N)Cc3ccccc3)n2)CC2CC1C2(C)C. The van der Waals surface area contributed by atoms with Crippen molar-refractivity contribution in [3.63, 3.8) is 0 Å². The molecule has 3 aliphatic rings. The van der Waals surface area contributed by atoms with E-state index >= 15 is 0 Å². The number of oxazole rings is 1. The number of rotatable bonds is 5. The van der Waals surface area contributed by atoms with Crippen molar-refractivity contribution < 1.29 is 9.21 Å². The van der Waals surface area contributed by atoms with E-state index in [-0.39, 0.29) is 18.0 Å². The molecule has 2 aromatic rings. The van der Waals surface area contributed by atoms with Crippen molar-refractivity contribution in [2.45, 2.75) is 52.1 Å². The first-order chi connectivity index (χ1) is 12.9. The average Bonchev–Trinajstić information content (AvgIpc) is 3.14. The van der Waals surface area contributed by atoms with Crippen molar-refractivity contribution >= 4 is 5.91 Å². The number of aromatic nitrogens is 1. The first kappa shape index (κ1) is 18.2. The van der Waals surface area contributed by atoms with Crippen molar-refractivity contribution in [1.82, 2.24) is 10.3 Å². The molecule has 3 N–H and O–H groups in total. The van der Waals surface area contributed by atoms with Crippen LogP contribution in [0.1, 0.15) is 61.6 Å². The predicted octanol–water partition coefficient (Wildman–Crippen LogP) is 3.72. The molecule has 5 unspecified atom stereocenters. The molecule has 5 heteroatoms. The van der Waals surface area contributed by atoms with Crippen LogP contribution in [0.2, 0.25) is 0 Å². The molecule has 2 bridgehead atoms. The normalized spacial score (nSPS) is 29.6. The van der Waals surface area contributed by atoms with Gasteiger partial charge in [-0.25, -0.2) is 4.98 Å². The number of benzene rings is 1. The lowest BCUT2D eigenvalue weighted by molar-refractivity contribution is -0.113. The van der Waals surface area contributed by atoms with Crippen LogP contribution in [0, 0.1) is 23.2 Å². The molecule has 0 saturated heterocycles. The fourth-order valence-electron chi connectivity index (χ4n) is 5.10. The zero-order valence-electron chi connectivity index (χ0n) is 16.3. The summed E-state index contributed by atoms with van der Waals surface area (Å²) in [5.41, 5.74) is 8.06. The molecule has 3 saturated carbocycles. The number of nitrogens with one attached hydrogen (secondary N) is 1. The molecule has 1 heterocycles. The molecular formula is C22H29N3O2. The minimum atomic E-state index is -0.365. The van der Waals surface area contributed by atoms with Crippen molar-refractivity contribution in [2.24, 2.45) is 28.9 Å². The quantitative estimate of drug-likeness (QED) is 0.844. The summed E-state index contributed by atoms with van der Waals surface area (Å²) in [6, 6.07) is 9.83. The lowest BCUT2D eigenvalue weighted by Gasteiger charge is -2.62. The monoisotopic (exact) mass is 367 g/mol. The summed E-state index contributed by atoms with van der Waals surface area (Å²) in [7, 11) is 0. The Bertz CT molecular complexity index is 814. The zero-order valence-corrected chi connectivity index (χ0v) is 16.3. The molecule has 5 nitrogen and oxygen atoms in total. The maximum Gasteiger partial charge on any atom is 0.273 e. The summed E-state index contributed by atoms with van der Waals surface area (Å²) in [5, 5.41) is 3.18. The third kappa shape index (κ3) is 3.29. The average molecular weight is 367 g/mol. The van der Waals surface area contributed by atoms with Crippen LogP contribution < -0.4 is 11.1 Å². The van der Waals surface area contributed by atoms with Crippen LogP contribution in [0.15, 0.2) is 41.0 Å². The predicted molar refractivity (Wildman–Crippen MR) is 104 cm³/mol. The van der Waals surface area contributed by atoms with Crippen LogP contribution in [-0.4, -0.2) is 16.9 Å². The summed E-state index contributed by atoms with van der Waals surface area (Å²) in [4.78, 5) is 17.0. The van der Waals surface area contributed by atoms with Gasteiger partial charge < -0.3 is 15.5 Å². The molecule has 144 valence electrons. The molecule has 5 rings (SSSR count). The highest BCUT2D eigenvalue weighted by molar-refractivity contribution is 5.92. The smallest absolute Gasteiger partial charge is 0.273 e. The molecular weight excluding hydrogens is 338 g/mol. The first-order valence-corrected chi connectivity index (χ1v) is 9.92. The highest BCUT2D eigenvalue weighted by atomic mass is 16.3. The van der Waals surface area contributed by atoms with Crippen LogP contribution in [0.3, 0.4) is 0 Å². The van der Waals surface area contributed by atoms with Gasteiger partial charge in [-0.2, -0.15) is 0 Å². The molecule has 3 aliphatic carbocycles. The summed E-state index contributed by atoms with van der Waals surface area (Å²) in [5.74, 6) is 2.13. The number of hydrogen-bond donors (Lipinski definition) is 2. The maximum absolute atomic E-state index is 12.7. The Hall–Kier alpha value is -2.14. The van der Waals surface area contributed by atoms with Crippen LogP contribution in [-0.2, 0) is 6.42 Å². The Labute approximate surface area is 160 Å². The van der Waals surface area contributed by atoms with Crippen molar-refractivity contribution in [3.8, 4) is 0 Å². The van der Waals surface area contributed by atoms with E-state index in [0.717, 1.165) is 12.0 Å². The fraction of sp³-hybridized carbons (Fsp3) is 0.545. The van der Waals surface area contributed by atoms with E-state index in [1.165, 1.54) is 12.7 Å². The van der Waals surface area contributed by atoms with E-state index in [1.54, 1.807) is 0 Å². The van der Waals surface area contributed by atoms with Gasteiger partial charge in [0.2, 0.25) is 5.89 Å². The van der Waals surface area contributed by atoms with Crippen molar-refractivity contribution in [3.05, 3.63) is 53.7 Å². The third-order valence-corrected chi connectivity index (χ3v) is 7.04. The van der Waals surface area contributed by atoms with E-state index in [0.29, 0.717) is 41.2 Å². The van der Waals surface area contributed by atoms with Gasteiger partial charge in [0, 0.05) is 6.04 Å². The van der Waals surface area contributed by atoms with Gasteiger partial charge in [0.25, 0.3) is 5.91 Å². The number of carbonyl (C=O) groups is 1. The molecule has 3 fully saturated rings. The van der Waals surface area contributed by atoms with Gasteiger partial charge in [-0.1, -0.05) is 51.1 Å². The van der Waals surface area contributed by atoms with E-state index in [2.05, 4.69) is 31.1 Å². The van der Waals surface area contributed by atoms with E-state index < -0.39 is 0 Å². The molecule has 0 spiro atoms. The lowest BCUT2D eigenvalue weighted by Crippen LogP contribution is -2.60. The number of carbonyl (C=O) groups excluding carboxylic acids is 1. The third-order valence-electron chi connectivity index (χ3n) is 7.04. The van der Waals surface area contributed by atoms with Gasteiger partial charge in [-0.15, -0.1) is 0 Å². The van der Waals surface area contributed by atoms with Crippen molar-refractivity contribution in [1.29, 1.82) is 0 Å². The molecule has 1 amide bonds. The Balaban J connectivity index is 1.38. The summed E-state index contributed by atoms with van der Waals surface area (Å²) >= 11 is 0. The van der Waals surface area contributed by atoms with Gasteiger partial charge in [0.15, 0.2) is 5.69 Å². The molecule has 5 atom stereocenters. The second kappa shape index (κ2) is 6.79.